The molecule has 0 radical (unpaired) electrons. The molecule has 3 atom stereocenters. The standard InChI is InChI=1S/C11H22N2O/c1-13(7-9-5-6-14-8-9)11-4-2-3-10(11)12/h9-11H,2-8,12H2,1H3. The minimum atomic E-state index is 0.405. The fourth-order valence-electron chi connectivity index (χ4n) is 2.79. The summed E-state index contributed by atoms with van der Waals surface area (Å²) in [5, 5.41) is 0. The van der Waals surface area contributed by atoms with E-state index in [1.165, 1.54) is 32.2 Å². The quantitative estimate of drug-likeness (QED) is 0.730. The Morgan fingerprint density at radius 2 is 2.21 bits per heavy atom. The van der Waals surface area contributed by atoms with E-state index in [0.29, 0.717) is 12.1 Å². The van der Waals surface area contributed by atoms with E-state index in [0.717, 1.165) is 19.1 Å². The van der Waals surface area contributed by atoms with Gasteiger partial charge in [0.25, 0.3) is 0 Å². The van der Waals surface area contributed by atoms with Gasteiger partial charge in [-0.05, 0) is 32.2 Å². The van der Waals surface area contributed by atoms with E-state index < -0.39 is 0 Å². The lowest BCUT2D eigenvalue weighted by Crippen LogP contribution is -2.44. The third kappa shape index (κ3) is 2.27. The molecule has 1 saturated carbocycles. The Hall–Kier alpha value is -0.120. The van der Waals surface area contributed by atoms with Gasteiger partial charge in [0.2, 0.25) is 0 Å². The topological polar surface area (TPSA) is 38.5 Å². The highest BCUT2D eigenvalue weighted by atomic mass is 16.5. The van der Waals surface area contributed by atoms with E-state index in [1.807, 2.05) is 0 Å². The Morgan fingerprint density at radius 1 is 1.36 bits per heavy atom. The molecule has 1 aliphatic heterocycles. The lowest BCUT2D eigenvalue weighted by molar-refractivity contribution is 0.157. The highest BCUT2D eigenvalue weighted by molar-refractivity contribution is 4.87. The molecule has 0 spiro atoms. The van der Waals surface area contributed by atoms with Gasteiger partial charge in [-0.2, -0.15) is 0 Å². The number of nitrogens with zero attached hydrogens (tertiary/aromatic N) is 1. The van der Waals surface area contributed by atoms with Crippen molar-refractivity contribution in [3.05, 3.63) is 0 Å². The summed E-state index contributed by atoms with van der Waals surface area (Å²) in [6.45, 7) is 3.07. The smallest absolute Gasteiger partial charge is 0.0507 e. The van der Waals surface area contributed by atoms with Crippen LogP contribution in [0.1, 0.15) is 25.7 Å². The SMILES string of the molecule is CN(CC1CCOC1)C1CCCC1N. The molecule has 0 amide bonds. The maximum absolute atomic E-state index is 6.08. The van der Waals surface area contributed by atoms with Gasteiger partial charge in [0, 0.05) is 25.2 Å². The van der Waals surface area contributed by atoms with Gasteiger partial charge in [-0.15, -0.1) is 0 Å². The molecular formula is C11H22N2O. The minimum absolute atomic E-state index is 0.405. The third-order valence-electron chi connectivity index (χ3n) is 3.67. The number of rotatable bonds is 3. The van der Waals surface area contributed by atoms with Gasteiger partial charge < -0.3 is 15.4 Å². The molecule has 0 aromatic heterocycles. The maximum atomic E-state index is 6.08. The highest BCUT2D eigenvalue weighted by Crippen LogP contribution is 2.23. The summed E-state index contributed by atoms with van der Waals surface area (Å²) in [6, 6.07) is 1.03. The fraction of sp³-hybridized carbons (Fsp3) is 1.00. The summed E-state index contributed by atoms with van der Waals surface area (Å²) in [7, 11) is 2.22. The molecule has 1 aliphatic carbocycles. The van der Waals surface area contributed by atoms with E-state index in [-0.39, 0.29) is 0 Å². The van der Waals surface area contributed by atoms with Gasteiger partial charge in [-0.1, -0.05) is 6.42 Å². The summed E-state index contributed by atoms with van der Waals surface area (Å²) in [5.74, 6) is 0.743. The molecule has 0 aromatic rings. The first-order chi connectivity index (χ1) is 6.77. The van der Waals surface area contributed by atoms with Crippen LogP contribution in [0.4, 0.5) is 0 Å². The normalized spacial score (nSPS) is 38.4. The molecule has 2 rings (SSSR count). The number of hydrogen-bond acceptors (Lipinski definition) is 3. The summed E-state index contributed by atoms with van der Waals surface area (Å²) in [4.78, 5) is 2.46. The van der Waals surface area contributed by atoms with E-state index in [9.17, 15) is 0 Å². The average Bonchev–Trinajstić information content (AvgIpc) is 2.75. The Morgan fingerprint density at radius 3 is 2.79 bits per heavy atom. The zero-order chi connectivity index (χ0) is 9.97. The van der Waals surface area contributed by atoms with Crippen molar-refractivity contribution < 1.29 is 4.74 Å². The zero-order valence-electron chi connectivity index (χ0n) is 9.11. The Kier molecular flexibility index (Phi) is 3.42. The number of ether oxygens (including phenoxy) is 1. The second-order valence-corrected chi connectivity index (χ2v) is 4.83. The van der Waals surface area contributed by atoms with E-state index in [1.54, 1.807) is 0 Å². The van der Waals surface area contributed by atoms with Gasteiger partial charge >= 0.3 is 0 Å². The van der Waals surface area contributed by atoms with Crippen molar-refractivity contribution in [3.8, 4) is 0 Å². The average molecular weight is 198 g/mol. The monoisotopic (exact) mass is 198 g/mol. The second-order valence-electron chi connectivity index (χ2n) is 4.83. The van der Waals surface area contributed by atoms with Crippen molar-refractivity contribution in [2.24, 2.45) is 11.7 Å². The van der Waals surface area contributed by atoms with Crippen molar-refractivity contribution in [2.45, 2.75) is 37.8 Å². The largest absolute Gasteiger partial charge is 0.381 e. The van der Waals surface area contributed by atoms with Crippen LogP contribution in [0.3, 0.4) is 0 Å². The van der Waals surface area contributed by atoms with Crippen molar-refractivity contribution >= 4 is 0 Å². The van der Waals surface area contributed by atoms with Crippen LogP contribution < -0.4 is 5.73 Å². The first kappa shape index (κ1) is 10.4. The third-order valence-corrected chi connectivity index (χ3v) is 3.67. The Bertz CT molecular complexity index is 180. The second kappa shape index (κ2) is 4.60. The fourth-order valence-corrected chi connectivity index (χ4v) is 2.79. The number of nitrogens with two attached hydrogens (primary N) is 1. The minimum Gasteiger partial charge on any atom is -0.381 e. The summed E-state index contributed by atoms with van der Waals surface area (Å²) < 4.78 is 5.39. The van der Waals surface area contributed by atoms with Crippen LogP contribution >= 0.6 is 0 Å². The van der Waals surface area contributed by atoms with Crippen LogP contribution in [-0.2, 0) is 4.74 Å². The van der Waals surface area contributed by atoms with Crippen LogP contribution in [0.2, 0.25) is 0 Å². The van der Waals surface area contributed by atoms with Gasteiger partial charge in [-0.3, -0.25) is 0 Å². The molecule has 1 saturated heterocycles. The molecule has 14 heavy (non-hydrogen) atoms. The molecule has 2 fully saturated rings. The maximum Gasteiger partial charge on any atom is 0.0507 e. The zero-order valence-corrected chi connectivity index (χ0v) is 9.11. The highest BCUT2D eigenvalue weighted by Gasteiger charge is 2.29. The molecule has 3 unspecified atom stereocenters. The van der Waals surface area contributed by atoms with Crippen LogP contribution in [0, 0.1) is 5.92 Å². The van der Waals surface area contributed by atoms with Gasteiger partial charge in [-0.25, -0.2) is 0 Å². The van der Waals surface area contributed by atoms with E-state index in [2.05, 4.69) is 11.9 Å². The van der Waals surface area contributed by atoms with Crippen molar-refractivity contribution in [1.29, 1.82) is 0 Å². The van der Waals surface area contributed by atoms with Crippen molar-refractivity contribution in [3.63, 3.8) is 0 Å². The van der Waals surface area contributed by atoms with E-state index in [4.69, 9.17) is 10.5 Å². The summed E-state index contributed by atoms with van der Waals surface area (Å²) >= 11 is 0. The predicted molar refractivity (Wildman–Crippen MR) is 57.2 cm³/mol. The predicted octanol–water partition coefficient (Wildman–Crippen LogP) is 0.835. The molecule has 2 aliphatic rings. The molecule has 0 bridgehead atoms. The molecule has 3 nitrogen and oxygen atoms in total. The van der Waals surface area contributed by atoms with Gasteiger partial charge in [0.1, 0.15) is 0 Å². The number of hydrogen-bond donors (Lipinski definition) is 1. The van der Waals surface area contributed by atoms with E-state index >= 15 is 0 Å². The molecule has 0 aromatic carbocycles. The van der Waals surface area contributed by atoms with Crippen molar-refractivity contribution in [1.82, 2.24) is 4.90 Å². The van der Waals surface area contributed by atoms with Crippen molar-refractivity contribution in [2.75, 3.05) is 26.8 Å². The summed E-state index contributed by atoms with van der Waals surface area (Å²) in [6.07, 6.45) is 5.02. The molecule has 3 heteroatoms. The number of likely N-dealkylation sites (N-methyl/N-ethyl adjacent to an activating group) is 1. The Balaban J connectivity index is 1.78. The lowest BCUT2D eigenvalue weighted by Gasteiger charge is -2.29. The summed E-state index contributed by atoms with van der Waals surface area (Å²) in [5.41, 5.74) is 6.08. The van der Waals surface area contributed by atoms with Crippen LogP contribution in [0.25, 0.3) is 0 Å². The molecule has 82 valence electrons. The first-order valence-electron chi connectivity index (χ1n) is 5.81. The molecule has 1 heterocycles. The van der Waals surface area contributed by atoms with Crippen LogP contribution in [0.15, 0.2) is 0 Å². The van der Waals surface area contributed by atoms with Gasteiger partial charge in [0.15, 0.2) is 0 Å². The Labute approximate surface area is 86.6 Å². The lowest BCUT2D eigenvalue weighted by atomic mass is 10.1. The van der Waals surface area contributed by atoms with Crippen LogP contribution in [0.5, 0.6) is 0 Å². The molecule has 2 N–H and O–H groups in total. The first-order valence-corrected chi connectivity index (χ1v) is 5.81. The van der Waals surface area contributed by atoms with Crippen LogP contribution in [-0.4, -0.2) is 43.8 Å². The molecular weight excluding hydrogens is 176 g/mol. The van der Waals surface area contributed by atoms with Gasteiger partial charge in [0.05, 0.1) is 6.61 Å².